The lowest BCUT2D eigenvalue weighted by atomic mass is 9.87. The van der Waals surface area contributed by atoms with Crippen LogP contribution in [0, 0.1) is 5.92 Å². The molecule has 0 radical (unpaired) electrons. The van der Waals surface area contributed by atoms with E-state index in [-0.39, 0.29) is 5.91 Å². The summed E-state index contributed by atoms with van der Waals surface area (Å²) in [4.78, 5) is 10.7. The zero-order valence-electron chi connectivity index (χ0n) is 5.98. The molecule has 0 unspecified atom stereocenters. The van der Waals surface area contributed by atoms with Crippen LogP contribution in [-0.4, -0.2) is 11.9 Å². The van der Waals surface area contributed by atoms with Crippen LogP contribution < -0.4 is 5.32 Å². The van der Waals surface area contributed by atoms with E-state index in [9.17, 15) is 4.79 Å². The zero-order chi connectivity index (χ0) is 6.85. The van der Waals surface area contributed by atoms with Gasteiger partial charge in [-0.15, -0.1) is 0 Å². The molecule has 1 heterocycles. The molecule has 2 nitrogen and oxygen atoms in total. The zero-order valence-corrected chi connectivity index (χ0v) is 5.98. The van der Waals surface area contributed by atoms with Crippen LogP contribution >= 0.6 is 0 Å². The lowest BCUT2D eigenvalue weighted by molar-refractivity contribution is -0.135. The fraction of sp³-hybridized carbons (Fsp3) is 0.857. The van der Waals surface area contributed by atoms with Gasteiger partial charge in [-0.05, 0) is 12.8 Å². The van der Waals surface area contributed by atoms with Crippen molar-refractivity contribution in [1.29, 1.82) is 0 Å². The minimum Gasteiger partial charge on any atom is -0.352 e. The maximum absolute atomic E-state index is 10.7. The van der Waals surface area contributed by atoms with E-state index in [1.807, 2.05) is 0 Å². The third-order valence-electron chi connectivity index (χ3n) is 2.03. The Morgan fingerprint density at radius 1 is 1.44 bits per heavy atom. The lowest BCUT2D eigenvalue weighted by Crippen LogP contribution is -2.57. The van der Waals surface area contributed by atoms with E-state index < -0.39 is 0 Å². The van der Waals surface area contributed by atoms with Crippen LogP contribution in [-0.2, 0) is 4.79 Å². The maximum Gasteiger partial charge on any atom is 0.225 e. The molecule has 1 rings (SSSR count). The summed E-state index contributed by atoms with van der Waals surface area (Å²) in [6.07, 6.45) is 2.06. The molecule has 1 fully saturated rings. The Balaban J connectivity index is 2.38. The minimum atomic E-state index is 0.240. The Morgan fingerprint density at radius 3 is 2.33 bits per heavy atom. The normalized spacial score (nSPS) is 33.3. The topological polar surface area (TPSA) is 29.1 Å². The van der Waals surface area contributed by atoms with Crippen LogP contribution in [0.4, 0.5) is 0 Å². The van der Waals surface area contributed by atoms with Crippen molar-refractivity contribution in [3.63, 3.8) is 0 Å². The smallest absolute Gasteiger partial charge is 0.225 e. The van der Waals surface area contributed by atoms with Gasteiger partial charge in [0.25, 0.3) is 0 Å². The fourth-order valence-electron chi connectivity index (χ4n) is 1.33. The second-order valence-corrected chi connectivity index (χ2v) is 2.54. The number of hydrogen-bond donors (Lipinski definition) is 1. The first-order valence-electron chi connectivity index (χ1n) is 3.60. The number of amides is 1. The summed E-state index contributed by atoms with van der Waals surface area (Å²) >= 11 is 0. The average molecular weight is 127 g/mol. The molecule has 0 aromatic carbocycles. The first kappa shape index (κ1) is 6.59. The monoisotopic (exact) mass is 127 g/mol. The Bertz CT molecular complexity index is 122. The highest BCUT2D eigenvalue weighted by molar-refractivity contribution is 5.85. The van der Waals surface area contributed by atoms with Gasteiger partial charge in [0.05, 0.1) is 5.92 Å². The third kappa shape index (κ3) is 0.934. The summed E-state index contributed by atoms with van der Waals surface area (Å²) in [6.45, 7) is 4.17. The number of β-lactam (4-membered cyclic amide) rings is 1. The van der Waals surface area contributed by atoms with E-state index in [0.717, 1.165) is 12.8 Å². The second-order valence-electron chi connectivity index (χ2n) is 2.54. The molecule has 1 aliphatic rings. The quantitative estimate of drug-likeness (QED) is 0.549. The summed E-state index contributed by atoms with van der Waals surface area (Å²) in [7, 11) is 0. The van der Waals surface area contributed by atoms with Crippen molar-refractivity contribution in [3.8, 4) is 0 Å². The molecule has 1 amide bonds. The van der Waals surface area contributed by atoms with Crippen molar-refractivity contribution in [2.24, 2.45) is 5.92 Å². The SMILES string of the molecule is CC[C@@H]1NC(=O)[C@@H]1CC. The molecule has 1 aliphatic heterocycles. The van der Waals surface area contributed by atoms with Crippen molar-refractivity contribution >= 4 is 5.91 Å². The molecule has 2 heteroatoms. The molecule has 9 heavy (non-hydrogen) atoms. The summed E-state index contributed by atoms with van der Waals surface area (Å²) in [5, 5.41) is 2.85. The predicted octanol–water partition coefficient (Wildman–Crippen LogP) is 0.921. The molecule has 2 atom stereocenters. The fourth-order valence-corrected chi connectivity index (χ4v) is 1.33. The van der Waals surface area contributed by atoms with E-state index >= 15 is 0 Å². The summed E-state index contributed by atoms with van der Waals surface area (Å²) in [5.74, 6) is 0.555. The van der Waals surface area contributed by atoms with Gasteiger partial charge in [-0.25, -0.2) is 0 Å². The first-order valence-corrected chi connectivity index (χ1v) is 3.60. The summed E-state index contributed by atoms with van der Waals surface area (Å²) in [6, 6.07) is 0.475. The van der Waals surface area contributed by atoms with Gasteiger partial charge in [0.1, 0.15) is 0 Å². The van der Waals surface area contributed by atoms with Gasteiger partial charge in [-0.1, -0.05) is 13.8 Å². The van der Waals surface area contributed by atoms with Crippen LogP contribution in [0.5, 0.6) is 0 Å². The van der Waals surface area contributed by atoms with Gasteiger partial charge in [0, 0.05) is 6.04 Å². The van der Waals surface area contributed by atoms with Gasteiger partial charge in [0.15, 0.2) is 0 Å². The standard InChI is InChI=1S/C7H13NO/c1-3-5-6(4-2)8-7(5)9/h5-6H,3-4H2,1-2H3,(H,8,9)/t5-,6+/m1/s1. The van der Waals surface area contributed by atoms with Crippen LogP contribution in [0.3, 0.4) is 0 Å². The molecule has 1 saturated heterocycles. The van der Waals surface area contributed by atoms with Gasteiger partial charge in [0.2, 0.25) is 5.91 Å². The van der Waals surface area contributed by atoms with Gasteiger partial charge >= 0.3 is 0 Å². The molecular weight excluding hydrogens is 114 g/mol. The molecule has 0 spiro atoms. The van der Waals surface area contributed by atoms with Crippen LogP contribution in [0.2, 0.25) is 0 Å². The van der Waals surface area contributed by atoms with E-state index in [0.29, 0.717) is 12.0 Å². The Labute approximate surface area is 55.6 Å². The van der Waals surface area contributed by atoms with Crippen molar-refractivity contribution in [3.05, 3.63) is 0 Å². The van der Waals surface area contributed by atoms with Crippen molar-refractivity contribution in [2.45, 2.75) is 32.7 Å². The molecule has 0 aromatic rings. The summed E-state index contributed by atoms with van der Waals surface area (Å²) < 4.78 is 0. The molecular formula is C7H13NO. The van der Waals surface area contributed by atoms with Crippen molar-refractivity contribution < 1.29 is 4.79 Å². The highest BCUT2D eigenvalue weighted by atomic mass is 16.2. The van der Waals surface area contributed by atoms with E-state index in [1.54, 1.807) is 0 Å². The number of carbonyl (C=O) groups excluding carboxylic acids is 1. The average Bonchev–Trinajstić information content (AvgIpc) is 1.83. The van der Waals surface area contributed by atoms with Gasteiger partial charge in [-0.3, -0.25) is 4.79 Å². The summed E-state index contributed by atoms with van der Waals surface area (Å²) in [5.41, 5.74) is 0. The minimum absolute atomic E-state index is 0.240. The highest BCUT2D eigenvalue weighted by Crippen LogP contribution is 2.20. The first-order chi connectivity index (χ1) is 4.29. The lowest BCUT2D eigenvalue weighted by Gasteiger charge is -2.35. The van der Waals surface area contributed by atoms with E-state index in [2.05, 4.69) is 19.2 Å². The second kappa shape index (κ2) is 2.38. The van der Waals surface area contributed by atoms with Crippen LogP contribution in [0.1, 0.15) is 26.7 Å². The number of nitrogens with one attached hydrogen (secondary N) is 1. The van der Waals surface area contributed by atoms with E-state index in [4.69, 9.17) is 0 Å². The van der Waals surface area contributed by atoms with Crippen molar-refractivity contribution in [1.82, 2.24) is 5.32 Å². The molecule has 1 N–H and O–H groups in total. The third-order valence-corrected chi connectivity index (χ3v) is 2.03. The Kier molecular flexibility index (Phi) is 1.74. The van der Waals surface area contributed by atoms with Crippen molar-refractivity contribution in [2.75, 3.05) is 0 Å². The molecule has 0 aliphatic carbocycles. The van der Waals surface area contributed by atoms with Gasteiger partial charge in [-0.2, -0.15) is 0 Å². The van der Waals surface area contributed by atoms with Gasteiger partial charge < -0.3 is 5.32 Å². The molecule has 0 aromatic heterocycles. The molecule has 52 valence electrons. The van der Waals surface area contributed by atoms with Crippen LogP contribution in [0.15, 0.2) is 0 Å². The number of rotatable bonds is 2. The number of carbonyl (C=O) groups is 1. The Morgan fingerprint density at radius 2 is 2.11 bits per heavy atom. The predicted molar refractivity (Wildman–Crippen MR) is 36.0 cm³/mol. The number of hydrogen-bond acceptors (Lipinski definition) is 1. The molecule has 0 bridgehead atoms. The maximum atomic E-state index is 10.7. The highest BCUT2D eigenvalue weighted by Gasteiger charge is 2.35. The van der Waals surface area contributed by atoms with Crippen LogP contribution in [0.25, 0.3) is 0 Å². The Hall–Kier alpha value is -0.530. The molecule has 0 saturated carbocycles. The largest absolute Gasteiger partial charge is 0.352 e. The van der Waals surface area contributed by atoms with E-state index in [1.165, 1.54) is 0 Å².